The van der Waals surface area contributed by atoms with Gasteiger partial charge in [0.15, 0.2) is 5.11 Å². The standard InChI is InChI=1S/C24H32N2O3S/c1-4-5-6-7-10-16-28-20-13-11-12-19(17-20)25-24(30)26-23(27)21-14-8-9-15-22(21)29-18(2)3/h8-9,11-15,17-18H,4-7,10,16H2,1-3H3,(H2,25,26,27,30). The molecule has 0 aliphatic carbocycles. The molecule has 0 fully saturated rings. The van der Waals surface area contributed by atoms with Crippen molar-refractivity contribution >= 4 is 28.9 Å². The van der Waals surface area contributed by atoms with Gasteiger partial charge in [0.2, 0.25) is 0 Å². The number of benzene rings is 2. The summed E-state index contributed by atoms with van der Waals surface area (Å²) in [5.74, 6) is 0.991. The maximum Gasteiger partial charge on any atom is 0.261 e. The number of hydrogen-bond donors (Lipinski definition) is 2. The third kappa shape index (κ3) is 8.41. The zero-order chi connectivity index (χ0) is 21.8. The summed E-state index contributed by atoms with van der Waals surface area (Å²) in [7, 11) is 0. The summed E-state index contributed by atoms with van der Waals surface area (Å²) in [6.07, 6.45) is 5.96. The summed E-state index contributed by atoms with van der Waals surface area (Å²) in [5, 5.41) is 5.97. The van der Waals surface area contributed by atoms with E-state index in [2.05, 4.69) is 17.6 Å². The Bertz CT molecular complexity index is 824. The fourth-order valence-electron chi connectivity index (χ4n) is 2.90. The summed E-state index contributed by atoms with van der Waals surface area (Å²) in [5.41, 5.74) is 1.20. The minimum absolute atomic E-state index is 0.0292. The second-order valence-electron chi connectivity index (χ2n) is 7.36. The first kappa shape index (κ1) is 23.7. The SMILES string of the molecule is CCCCCCCOc1cccc(NC(=S)NC(=O)c2ccccc2OC(C)C)c1. The molecular weight excluding hydrogens is 396 g/mol. The molecule has 1 amide bonds. The average Bonchev–Trinajstić information content (AvgIpc) is 2.70. The number of para-hydroxylation sites is 1. The zero-order valence-corrected chi connectivity index (χ0v) is 18.9. The maximum atomic E-state index is 12.6. The van der Waals surface area contributed by atoms with Crippen molar-refractivity contribution in [3.05, 3.63) is 54.1 Å². The fourth-order valence-corrected chi connectivity index (χ4v) is 3.11. The predicted octanol–water partition coefficient (Wildman–Crippen LogP) is 5.95. The van der Waals surface area contributed by atoms with E-state index in [1.165, 1.54) is 25.7 Å². The van der Waals surface area contributed by atoms with Crippen LogP contribution in [0.4, 0.5) is 5.69 Å². The van der Waals surface area contributed by atoms with Crippen molar-refractivity contribution in [1.29, 1.82) is 0 Å². The van der Waals surface area contributed by atoms with Crippen molar-refractivity contribution < 1.29 is 14.3 Å². The van der Waals surface area contributed by atoms with Crippen molar-refractivity contribution in [2.45, 2.75) is 59.0 Å². The Balaban J connectivity index is 1.87. The molecular formula is C24H32N2O3S. The Morgan fingerprint density at radius 1 is 1.03 bits per heavy atom. The van der Waals surface area contributed by atoms with E-state index >= 15 is 0 Å². The number of thiocarbonyl (C=S) groups is 1. The molecule has 0 atom stereocenters. The Hall–Kier alpha value is -2.60. The van der Waals surface area contributed by atoms with Gasteiger partial charge in [-0.3, -0.25) is 10.1 Å². The second-order valence-corrected chi connectivity index (χ2v) is 7.77. The minimum Gasteiger partial charge on any atom is -0.494 e. The molecule has 6 heteroatoms. The number of hydrogen-bond acceptors (Lipinski definition) is 4. The Labute approximate surface area is 185 Å². The molecule has 30 heavy (non-hydrogen) atoms. The number of carbonyl (C=O) groups excluding carboxylic acids is 1. The number of unbranched alkanes of at least 4 members (excludes halogenated alkanes) is 4. The van der Waals surface area contributed by atoms with Crippen LogP contribution in [0.2, 0.25) is 0 Å². The lowest BCUT2D eigenvalue weighted by atomic mass is 10.2. The highest BCUT2D eigenvalue weighted by Crippen LogP contribution is 2.20. The third-order valence-electron chi connectivity index (χ3n) is 4.33. The molecule has 0 heterocycles. The molecule has 0 aliphatic rings. The monoisotopic (exact) mass is 428 g/mol. The molecule has 5 nitrogen and oxygen atoms in total. The predicted molar refractivity (Wildman–Crippen MR) is 127 cm³/mol. The minimum atomic E-state index is -0.316. The molecule has 0 aromatic heterocycles. The van der Waals surface area contributed by atoms with Gasteiger partial charge in [-0.25, -0.2) is 0 Å². The van der Waals surface area contributed by atoms with Gasteiger partial charge in [0.1, 0.15) is 11.5 Å². The van der Waals surface area contributed by atoms with Crippen LogP contribution in [0.15, 0.2) is 48.5 Å². The first-order chi connectivity index (χ1) is 14.5. The van der Waals surface area contributed by atoms with Gasteiger partial charge in [-0.05, 0) is 56.8 Å². The van der Waals surface area contributed by atoms with Crippen LogP contribution in [-0.2, 0) is 0 Å². The van der Waals surface area contributed by atoms with E-state index in [9.17, 15) is 4.79 Å². The van der Waals surface area contributed by atoms with Crippen LogP contribution in [0.1, 0.15) is 63.2 Å². The first-order valence-electron chi connectivity index (χ1n) is 10.6. The van der Waals surface area contributed by atoms with Crippen molar-refractivity contribution in [3.63, 3.8) is 0 Å². The summed E-state index contributed by atoms with van der Waals surface area (Å²) in [4.78, 5) is 12.6. The van der Waals surface area contributed by atoms with Gasteiger partial charge in [-0.1, -0.05) is 50.8 Å². The lowest BCUT2D eigenvalue weighted by Crippen LogP contribution is -2.34. The Kier molecular flexibility index (Phi) is 10.1. The molecule has 0 spiro atoms. The van der Waals surface area contributed by atoms with E-state index in [4.69, 9.17) is 21.7 Å². The van der Waals surface area contributed by atoms with Crippen molar-refractivity contribution in [2.24, 2.45) is 0 Å². The first-order valence-corrected chi connectivity index (χ1v) is 11.0. The van der Waals surface area contributed by atoms with Crippen LogP contribution >= 0.6 is 12.2 Å². The molecule has 0 aliphatic heterocycles. The van der Waals surface area contributed by atoms with Crippen molar-refractivity contribution in [2.75, 3.05) is 11.9 Å². The van der Waals surface area contributed by atoms with Crippen LogP contribution in [0, 0.1) is 0 Å². The largest absolute Gasteiger partial charge is 0.494 e. The molecule has 0 saturated heterocycles. The summed E-state index contributed by atoms with van der Waals surface area (Å²) < 4.78 is 11.5. The number of nitrogens with one attached hydrogen (secondary N) is 2. The highest BCUT2D eigenvalue weighted by molar-refractivity contribution is 7.80. The lowest BCUT2D eigenvalue weighted by molar-refractivity contribution is 0.0972. The van der Waals surface area contributed by atoms with Gasteiger partial charge in [0.25, 0.3) is 5.91 Å². The molecule has 2 aromatic rings. The smallest absolute Gasteiger partial charge is 0.261 e. The summed E-state index contributed by atoms with van der Waals surface area (Å²) in [6.45, 7) is 6.74. The maximum absolute atomic E-state index is 12.6. The second kappa shape index (κ2) is 12.9. The summed E-state index contributed by atoms with van der Waals surface area (Å²) in [6, 6.07) is 14.7. The van der Waals surface area contributed by atoms with Crippen molar-refractivity contribution in [1.82, 2.24) is 5.32 Å². The van der Waals surface area contributed by atoms with Gasteiger partial charge >= 0.3 is 0 Å². The van der Waals surface area contributed by atoms with Gasteiger partial charge < -0.3 is 14.8 Å². The average molecular weight is 429 g/mol. The number of rotatable bonds is 11. The molecule has 0 radical (unpaired) electrons. The molecule has 2 rings (SSSR count). The van der Waals surface area contributed by atoms with E-state index in [-0.39, 0.29) is 17.1 Å². The number of ether oxygens (including phenoxy) is 2. The van der Waals surface area contributed by atoms with E-state index in [1.807, 2.05) is 44.2 Å². The highest BCUT2D eigenvalue weighted by Gasteiger charge is 2.14. The molecule has 0 unspecified atom stereocenters. The van der Waals surface area contributed by atoms with Gasteiger partial charge in [-0.2, -0.15) is 0 Å². The van der Waals surface area contributed by atoms with Crippen LogP contribution in [0.25, 0.3) is 0 Å². The molecule has 162 valence electrons. The van der Waals surface area contributed by atoms with Gasteiger partial charge in [0.05, 0.1) is 18.3 Å². The lowest BCUT2D eigenvalue weighted by Gasteiger charge is -2.15. The summed E-state index contributed by atoms with van der Waals surface area (Å²) >= 11 is 5.31. The van der Waals surface area contributed by atoms with E-state index in [1.54, 1.807) is 18.2 Å². The van der Waals surface area contributed by atoms with Crippen LogP contribution in [0.3, 0.4) is 0 Å². The van der Waals surface area contributed by atoms with Crippen molar-refractivity contribution in [3.8, 4) is 11.5 Å². The highest BCUT2D eigenvalue weighted by atomic mass is 32.1. The van der Waals surface area contributed by atoms with E-state index in [0.29, 0.717) is 17.9 Å². The number of carbonyl (C=O) groups is 1. The van der Waals surface area contributed by atoms with Crippen LogP contribution < -0.4 is 20.1 Å². The van der Waals surface area contributed by atoms with Gasteiger partial charge in [0, 0.05) is 11.8 Å². The Morgan fingerprint density at radius 3 is 2.57 bits per heavy atom. The normalized spacial score (nSPS) is 10.5. The molecule has 0 saturated carbocycles. The number of amides is 1. The molecule has 0 bridgehead atoms. The van der Waals surface area contributed by atoms with E-state index in [0.717, 1.165) is 17.9 Å². The zero-order valence-electron chi connectivity index (χ0n) is 18.1. The van der Waals surface area contributed by atoms with E-state index < -0.39 is 0 Å². The third-order valence-corrected chi connectivity index (χ3v) is 4.53. The fraction of sp³-hybridized carbons (Fsp3) is 0.417. The number of anilines is 1. The molecule has 2 aromatic carbocycles. The molecule has 2 N–H and O–H groups in total. The Morgan fingerprint density at radius 2 is 1.80 bits per heavy atom. The van der Waals surface area contributed by atoms with Crippen LogP contribution in [-0.4, -0.2) is 23.7 Å². The topological polar surface area (TPSA) is 59.6 Å². The van der Waals surface area contributed by atoms with Gasteiger partial charge in [-0.15, -0.1) is 0 Å². The van der Waals surface area contributed by atoms with Crippen LogP contribution in [0.5, 0.6) is 11.5 Å². The quantitative estimate of drug-likeness (QED) is 0.342.